The topological polar surface area (TPSA) is 49.3 Å². The van der Waals surface area contributed by atoms with Crippen LogP contribution < -0.4 is 5.32 Å². The summed E-state index contributed by atoms with van der Waals surface area (Å²) in [6.07, 6.45) is 1.96. The SMILES string of the molecule is CCCNC1(C(=O)O)CCc2cc(F)ccc21. The van der Waals surface area contributed by atoms with Crippen LogP contribution >= 0.6 is 0 Å². The van der Waals surface area contributed by atoms with Gasteiger partial charge in [0, 0.05) is 0 Å². The second-order valence-electron chi connectivity index (χ2n) is 4.44. The van der Waals surface area contributed by atoms with Crippen LogP contribution in [0.25, 0.3) is 0 Å². The quantitative estimate of drug-likeness (QED) is 0.842. The lowest BCUT2D eigenvalue weighted by Gasteiger charge is -2.27. The number of hydrogen-bond acceptors (Lipinski definition) is 2. The average Bonchev–Trinajstić information content (AvgIpc) is 2.65. The first-order valence-electron chi connectivity index (χ1n) is 5.87. The molecule has 1 aromatic rings. The normalized spacial score (nSPS) is 22.5. The predicted octanol–water partition coefficient (Wildman–Crippen LogP) is 2.05. The van der Waals surface area contributed by atoms with Gasteiger partial charge >= 0.3 is 5.97 Å². The van der Waals surface area contributed by atoms with Gasteiger partial charge in [0.15, 0.2) is 0 Å². The van der Waals surface area contributed by atoms with Gasteiger partial charge in [-0.2, -0.15) is 0 Å². The Hall–Kier alpha value is -1.42. The minimum absolute atomic E-state index is 0.305. The summed E-state index contributed by atoms with van der Waals surface area (Å²) in [6, 6.07) is 4.36. The van der Waals surface area contributed by atoms with Crippen LogP contribution in [0.15, 0.2) is 18.2 Å². The van der Waals surface area contributed by atoms with Gasteiger partial charge in [-0.15, -0.1) is 0 Å². The van der Waals surface area contributed by atoms with E-state index in [1.807, 2.05) is 6.92 Å². The van der Waals surface area contributed by atoms with Crippen molar-refractivity contribution in [1.29, 1.82) is 0 Å². The van der Waals surface area contributed by atoms with E-state index in [9.17, 15) is 14.3 Å². The van der Waals surface area contributed by atoms with E-state index in [4.69, 9.17) is 0 Å². The molecule has 4 heteroatoms. The summed E-state index contributed by atoms with van der Waals surface area (Å²) in [5, 5.41) is 12.5. The fourth-order valence-electron chi connectivity index (χ4n) is 2.46. The van der Waals surface area contributed by atoms with Gasteiger partial charge in [0.05, 0.1) is 0 Å². The molecule has 0 heterocycles. The molecule has 0 spiro atoms. The summed E-state index contributed by atoms with van der Waals surface area (Å²) in [5.41, 5.74) is 0.481. The zero-order valence-electron chi connectivity index (χ0n) is 9.79. The minimum Gasteiger partial charge on any atom is -0.480 e. The summed E-state index contributed by atoms with van der Waals surface area (Å²) in [7, 11) is 0. The predicted molar refractivity (Wildman–Crippen MR) is 62.3 cm³/mol. The molecule has 0 aliphatic heterocycles. The second-order valence-corrected chi connectivity index (χ2v) is 4.44. The van der Waals surface area contributed by atoms with E-state index in [-0.39, 0.29) is 5.82 Å². The largest absolute Gasteiger partial charge is 0.480 e. The monoisotopic (exact) mass is 237 g/mol. The molecule has 1 aliphatic carbocycles. The van der Waals surface area contributed by atoms with Gasteiger partial charge in [-0.3, -0.25) is 5.32 Å². The zero-order valence-corrected chi connectivity index (χ0v) is 9.79. The minimum atomic E-state index is -1.03. The first-order chi connectivity index (χ1) is 8.10. The molecule has 1 atom stereocenters. The number of halogens is 1. The third-order valence-corrected chi connectivity index (χ3v) is 3.34. The molecule has 2 N–H and O–H groups in total. The molecular formula is C13H16FNO2. The first-order valence-corrected chi connectivity index (χ1v) is 5.87. The third-order valence-electron chi connectivity index (χ3n) is 3.34. The Morgan fingerprint density at radius 2 is 2.35 bits per heavy atom. The van der Waals surface area contributed by atoms with Crippen LogP contribution in [0.5, 0.6) is 0 Å². The molecule has 3 nitrogen and oxygen atoms in total. The average molecular weight is 237 g/mol. The highest BCUT2D eigenvalue weighted by Crippen LogP contribution is 2.37. The summed E-state index contributed by atoms with van der Waals surface area (Å²) in [5.74, 6) is -1.18. The van der Waals surface area contributed by atoms with Crippen LogP contribution in [0.4, 0.5) is 4.39 Å². The van der Waals surface area contributed by atoms with Gasteiger partial charge in [0.1, 0.15) is 11.4 Å². The Bertz CT molecular complexity index is 447. The number of fused-ring (bicyclic) bond motifs is 1. The molecule has 92 valence electrons. The highest BCUT2D eigenvalue weighted by molar-refractivity contribution is 5.82. The molecule has 2 rings (SSSR count). The van der Waals surface area contributed by atoms with Crippen molar-refractivity contribution in [3.05, 3.63) is 35.1 Å². The molecule has 0 saturated carbocycles. The van der Waals surface area contributed by atoms with Crippen LogP contribution in [0, 0.1) is 5.82 Å². The van der Waals surface area contributed by atoms with Crippen molar-refractivity contribution in [2.45, 2.75) is 31.7 Å². The summed E-state index contributed by atoms with van der Waals surface area (Å²) >= 11 is 0. The molecule has 0 fully saturated rings. The van der Waals surface area contributed by atoms with E-state index in [1.54, 1.807) is 6.07 Å². The number of benzene rings is 1. The number of nitrogens with one attached hydrogen (secondary N) is 1. The van der Waals surface area contributed by atoms with Crippen molar-refractivity contribution >= 4 is 5.97 Å². The lowest BCUT2D eigenvalue weighted by molar-refractivity contribution is -0.145. The summed E-state index contributed by atoms with van der Waals surface area (Å²) in [6.45, 7) is 2.63. The van der Waals surface area contributed by atoms with Gasteiger partial charge in [-0.25, -0.2) is 9.18 Å². The van der Waals surface area contributed by atoms with Gasteiger partial charge in [0.25, 0.3) is 0 Å². The van der Waals surface area contributed by atoms with E-state index >= 15 is 0 Å². The number of carbonyl (C=O) groups is 1. The smallest absolute Gasteiger partial charge is 0.328 e. The third kappa shape index (κ3) is 1.93. The first kappa shape index (κ1) is 12.0. The van der Waals surface area contributed by atoms with Crippen molar-refractivity contribution < 1.29 is 14.3 Å². The van der Waals surface area contributed by atoms with Crippen LogP contribution in [-0.4, -0.2) is 17.6 Å². The zero-order chi connectivity index (χ0) is 12.5. The maximum absolute atomic E-state index is 13.1. The van der Waals surface area contributed by atoms with Crippen molar-refractivity contribution in [3.8, 4) is 0 Å². The number of carboxylic acid groups (broad SMARTS) is 1. The second kappa shape index (κ2) is 4.45. The molecule has 0 bridgehead atoms. The van der Waals surface area contributed by atoms with Crippen molar-refractivity contribution in [2.24, 2.45) is 0 Å². The van der Waals surface area contributed by atoms with E-state index in [1.165, 1.54) is 12.1 Å². The van der Waals surface area contributed by atoms with Crippen molar-refractivity contribution in [1.82, 2.24) is 5.32 Å². The van der Waals surface area contributed by atoms with Crippen LogP contribution in [0.2, 0.25) is 0 Å². The lowest BCUT2D eigenvalue weighted by atomic mass is 9.91. The standard InChI is InChI=1S/C13H16FNO2/c1-2-7-15-13(12(16)17)6-5-9-8-10(14)3-4-11(9)13/h3-4,8,15H,2,5-7H2,1H3,(H,16,17). The van der Waals surface area contributed by atoms with Crippen molar-refractivity contribution in [2.75, 3.05) is 6.54 Å². The Morgan fingerprint density at radius 3 is 3.00 bits per heavy atom. The molecule has 1 unspecified atom stereocenters. The molecule has 17 heavy (non-hydrogen) atoms. The molecule has 0 amide bonds. The van der Waals surface area contributed by atoms with E-state index in [0.29, 0.717) is 24.9 Å². The highest BCUT2D eigenvalue weighted by Gasteiger charge is 2.45. The number of hydrogen-bond donors (Lipinski definition) is 2. The Labute approximate surface area is 99.7 Å². The van der Waals surface area contributed by atoms with Crippen LogP contribution in [0.3, 0.4) is 0 Å². The fourth-order valence-corrected chi connectivity index (χ4v) is 2.46. The number of rotatable bonds is 4. The van der Waals surface area contributed by atoms with E-state index in [2.05, 4.69) is 5.32 Å². The number of aliphatic carboxylic acids is 1. The van der Waals surface area contributed by atoms with Crippen molar-refractivity contribution in [3.63, 3.8) is 0 Å². The van der Waals surface area contributed by atoms with Crippen LogP contribution in [-0.2, 0) is 16.8 Å². The van der Waals surface area contributed by atoms with Gasteiger partial charge in [-0.1, -0.05) is 13.0 Å². The maximum Gasteiger partial charge on any atom is 0.328 e. The number of aryl methyl sites for hydroxylation is 1. The Balaban J connectivity index is 2.42. The fraction of sp³-hybridized carbons (Fsp3) is 0.462. The highest BCUT2D eigenvalue weighted by atomic mass is 19.1. The van der Waals surface area contributed by atoms with E-state index < -0.39 is 11.5 Å². The molecule has 1 aromatic carbocycles. The van der Waals surface area contributed by atoms with Gasteiger partial charge in [0.2, 0.25) is 0 Å². The summed E-state index contributed by atoms with van der Waals surface area (Å²) in [4.78, 5) is 11.5. The maximum atomic E-state index is 13.1. The van der Waals surface area contributed by atoms with Crippen LogP contribution in [0.1, 0.15) is 30.9 Å². The molecular weight excluding hydrogens is 221 g/mol. The molecule has 1 aliphatic rings. The number of carboxylic acids is 1. The molecule has 0 radical (unpaired) electrons. The lowest BCUT2D eigenvalue weighted by Crippen LogP contribution is -2.47. The Morgan fingerprint density at radius 1 is 1.59 bits per heavy atom. The molecule has 0 aromatic heterocycles. The van der Waals surface area contributed by atoms with Gasteiger partial charge in [-0.05, 0) is 49.1 Å². The molecule has 0 saturated heterocycles. The Kier molecular flexibility index (Phi) is 3.15. The van der Waals surface area contributed by atoms with E-state index in [0.717, 1.165) is 12.0 Å². The summed E-state index contributed by atoms with van der Waals surface area (Å²) < 4.78 is 13.1. The van der Waals surface area contributed by atoms with Gasteiger partial charge < -0.3 is 5.11 Å².